The summed E-state index contributed by atoms with van der Waals surface area (Å²) in [6.07, 6.45) is 0. The number of aromatic nitrogens is 2. The third-order valence-corrected chi connectivity index (χ3v) is 6.71. The highest BCUT2D eigenvalue weighted by molar-refractivity contribution is 7.25. The first-order valence-electron chi connectivity index (χ1n) is 9.21. The fourth-order valence-electron chi connectivity index (χ4n) is 4.10. The van der Waals surface area contributed by atoms with Crippen LogP contribution in [0.15, 0.2) is 54.6 Å². The molecule has 0 radical (unpaired) electrons. The molecule has 4 aromatic carbocycles. The molecule has 0 spiro atoms. The van der Waals surface area contributed by atoms with Gasteiger partial charge in [-0.25, -0.2) is 9.97 Å². The number of hydrogen-bond donors (Lipinski definition) is 0. The van der Waals surface area contributed by atoms with E-state index in [1.54, 1.807) is 11.3 Å². The summed E-state index contributed by atoms with van der Waals surface area (Å²) in [5.74, 6) is 0. The van der Waals surface area contributed by atoms with Gasteiger partial charge in [0.1, 0.15) is 10.3 Å². The lowest BCUT2D eigenvalue weighted by Gasteiger charge is -2.10. The molecule has 6 aromatic rings. The van der Waals surface area contributed by atoms with Gasteiger partial charge >= 0.3 is 0 Å². The SMILES string of the molecule is Cc1ccc2c3ccc(C)cc3c3nc4c(nc3c2c1)sc1ccc(Cl)cc14. The molecule has 0 amide bonds. The molecule has 0 aliphatic heterocycles. The van der Waals surface area contributed by atoms with Crippen LogP contribution in [0.5, 0.6) is 0 Å². The van der Waals surface area contributed by atoms with E-state index in [0.29, 0.717) is 0 Å². The lowest BCUT2D eigenvalue weighted by molar-refractivity contribution is 1.44. The Labute approximate surface area is 170 Å². The number of rotatable bonds is 0. The number of aryl methyl sites for hydroxylation is 2. The van der Waals surface area contributed by atoms with E-state index in [4.69, 9.17) is 21.6 Å². The Morgan fingerprint density at radius 2 is 1.29 bits per heavy atom. The van der Waals surface area contributed by atoms with Gasteiger partial charge in [-0.15, -0.1) is 11.3 Å². The topological polar surface area (TPSA) is 25.8 Å². The second-order valence-corrected chi connectivity index (χ2v) is 8.88. The predicted molar refractivity (Wildman–Crippen MR) is 122 cm³/mol. The van der Waals surface area contributed by atoms with Gasteiger partial charge in [0.15, 0.2) is 0 Å². The molecule has 0 N–H and O–H groups in total. The summed E-state index contributed by atoms with van der Waals surface area (Å²) in [5.41, 5.74) is 5.32. The number of halogens is 1. The summed E-state index contributed by atoms with van der Waals surface area (Å²) in [4.78, 5) is 11.2. The summed E-state index contributed by atoms with van der Waals surface area (Å²) < 4.78 is 1.16. The molecule has 134 valence electrons. The fourth-order valence-corrected chi connectivity index (χ4v) is 5.27. The normalized spacial score (nSPS) is 12.1. The Morgan fingerprint density at radius 1 is 0.643 bits per heavy atom. The minimum absolute atomic E-state index is 0.726. The van der Waals surface area contributed by atoms with Crippen LogP contribution in [-0.4, -0.2) is 9.97 Å². The number of benzene rings is 4. The molecule has 0 aliphatic carbocycles. The van der Waals surface area contributed by atoms with Crippen molar-refractivity contribution in [2.24, 2.45) is 0 Å². The zero-order chi connectivity index (χ0) is 19.0. The third kappa shape index (κ3) is 2.20. The first kappa shape index (κ1) is 16.2. The van der Waals surface area contributed by atoms with Gasteiger partial charge in [0, 0.05) is 25.9 Å². The summed E-state index contributed by atoms with van der Waals surface area (Å²) in [5, 5.41) is 6.57. The van der Waals surface area contributed by atoms with Crippen LogP contribution in [0.2, 0.25) is 5.02 Å². The Balaban J connectivity index is 1.93. The van der Waals surface area contributed by atoms with Gasteiger partial charge in [-0.3, -0.25) is 0 Å². The standard InChI is InChI=1S/C24H15ClN2S/c1-12-3-6-15-16-7-4-13(2)10-18(16)22-21(17(15)9-12)26-23-19-11-14(25)5-8-20(19)28-24(23)27-22/h3-11H,1-2H3. The monoisotopic (exact) mass is 398 g/mol. The second-order valence-electron chi connectivity index (χ2n) is 7.42. The van der Waals surface area contributed by atoms with Crippen LogP contribution in [0.3, 0.4) is 0 Å². The quantitative estimate of drug-likeness (QED) is 0.246. The predicted octanol–water partition coefficient (Wildman–Crippen LogP) is 7.57. The summed E-state index contributed by atoms with van der Waals surface area (Å²) in [6.45, 7) is 4.24. The fraction of sp³-hybridized carbons (Fsp3) is 0.0833. The van der Waals surface area contributed by atoms with Crippen LogP contribution >= 0.6 is 22.9 Å². The van der Waals surface area contributed by atoms with Crippen LogP contribution in [0, 0.1) is 13.8 Å². The molecule has 2 nitrogen and oxygen atoms in total. The number of thiophene rings is 1. The van der Waals surface area contributed by atoms with Gasteiger partial charge in [0.25, 0.3) is 0 Å². The number of fused-ring (bicyclic) bond motifs is 9. The average Bonchev–Trinajstić information content (AvgIpc) is 3.03. The van der Waals surface area contributed by atoms with Crippen molar-refractivity contribution in [2.75, 3.05) is 0 Å². The van der Waals surface area contributed by atoms with Crippen molar-refractivity contribution in [3.63, 3.8) is 0 Å². The molecule has 0 saturated heterocycles. The van der Waals surface area contributed by atoms with Crippen LogP contribution < -0.4 is 0 Å². The maximum atomic E-state index is 6.26. The first-order valence-corrected chi connectivity index (χ1v) is 10.4. The molecule has 0 aliphatic rings. The maximum absolute atomic E-state index is 6.26. The molecule has 2 heterocycles. The lowest BCUT2D eigenvalue weighted by atomic mass is 9.97. The van der Waals surface area contributed by atoms with Crippen LogP contribution in [0.4, 0.5) is 0 Å². The number of hydrogen-bond acceptors (Lipinski definition) is 3. The van der Waals surface area contributed by atoms with Gasteiger partial charge in [-0.1, -0.05) is 47.0 Å². The molecular weight excluding hydrogens is 384 g/mol. The Hall–Kier alpha value is -2.75. The molecule has 6 rings (SSSR count). The smallest absolute Gasteiger partial charge is 0.143 e. The highest BCUT2D eigenvalue weighted by Gasteiger charge is 2.15. The van der Waals surface area contributed by atoms with Crippen LogP contribution in [0.25, 0.3) is 53.0 Å². The molecular formula is C24H15ClN2S. The van der Waals surface area contributed by atoms with E-state index in [-0.39, 0.29) is 0 Å². The Kier molecular flexibility index (Phi) is 3.26. The summed E-state index contributed by atoms with van der Waals surface area (Å²) in [7, 11) is 0. The van der Waals surface area contributed by atoms with Crippen LogP contribution in [-0.2, 0) is 0 Å². The van der Waals surface area contributed by atoms with Crippen molar-refractivity contribution in [2.45, 2.75) is 13.8 Å². The molecule has 28 heavy (non-hydrogen) atoms. The maximum Gasteiger partial charge on any atom is 0.143 e. The zero-order valence-electron chi connectivity index (χ0n) is 15.4. The minimum atomic E-state index is 0.726. The lowest BCUT2D eigenvalue weighted by Crippen LogP contribution is -1.91. The molecule has 0 atom stereocenters. The zero-order valence-corrected chi connectivity index (χ0v) is 16.9. The minimum Gasteiger partial charge on any atom is -0.242 e. The van der Waals surface area contributed by atoms with Crippen molar-refractivity contribution in [3.8, 4) is 0 Å². The van der Waals surface area contributed by atoms with E-state index in [1.165, 1.54) is 21.9 Å². The van der Waals surface area contributed by atoms with Crippen molar-refractivity contribution in [1.82, 2.24) is 9.97 Å². The Morgan fingerprint density at radius 3 is 1.96 bits per heavy atom. The summed E-state index contributed by atoms with van der Waals surface area (Å²) >= 11 is 7.94. The van der Waals surface area contributed by atoms with E-state index in [9.17, 15) is 0 Å². The first-order chi connectivity index (χ1) is 13.6. The highest BCUT2D eigenvalue weighted by atomic mass is 35.5. The van der Waals surface area contributed by atoms with Crippen LogP contribution in [0.1, 0.15) is 11.1 Å². The van der Waals surface area contributed by atoms with E-state index < -0.39 is 0 Å². The second kappa shape index (κ2) is 5.63. The van der Waals surface area contributed by atoms with E-state index in [1.807, 2.05) is 12.1 Å². The third-order valence-electron chi connectivity index (χ3n) is 5.42. The molecule has 4 heteroatoms. The van der Waals surface area contributed by atoms with Gasteiger partial charge in [-0.2, -0.15) is 0 Å². The largest absolute Gasteiger partial charge is 0.242 e. The number of nitrogens with zero attached hydrogens (tertiary/aromatic N) is 2. The molecule has 2 aromatic heterocycles. The highest BCUT2D eigenvalue weighted by Crippen LogP contribution is 2.39. The van der Waals surface area contributed by atoms with Crippen molar-refractivity contribution >= 4 is 75.9 Å². The molecule has 0 unspecified atom stereocenters. The van der Waals surface area contributed by atoms with Gasteiger partial charge in [0.05, 0.1) is 11.0 Å². The molecule has 0 bridgehead atoms. The Bertz CT molecular complexity index is 1600. The van der Waals surface area contributed by atoms with E-state index in [2.05, 4.69) is 56.3 Å². The molecule has 0 fully saturated rings. The van der Waals surface area contributed by atoms with E-state index >= 15 is 0 Å². The van der Waals surface area contributed by atoms with Crippen molar-refractivity contribution in [1.29, 1.82) is 0 Å². The van der Waals surface area contributed by atoms with Crippen molar-refractivity contribution in [3.05, 3.63) is 70.7 Å². The van der Waals surface area contributed by atoms with Crippen molar-refractivity contribution < 1.29 is 0 Å². The van der Waals surface area contributed by atoms with Gasteiger partial charge in [0.2, 0.25) is 0 Å². The van der Waals surface area contributed by atoms with Gasteiger partial charge in [-0.05, 0) is 55.0 Å². The summed E-state index contributed by atoms with van der Waals surface area (Å²) in [6, 6.07) is 19.2. The van der Waals surface area contributed by atoms with Gasteiger partial charge < -0.3 is 0 Å². The average molecular weight is 399 g/mol. The van der Waals surface area contributed by atoms with E-state index in [0.717, 1.165) is 47.3 Å². The molecule has 0 saturated carbocycles.